The summed E-state index contributed by atoms with van der Waals surface area (Å²) in [5.74, 6) is -0.821. The van der Waals surface area contributed by atoms with Gasteiger partial charge in [0.05, 0.1) is 0 Å². The second-order valence-electron chi connectivity index (χ2n) is 5.20. The molecule has 0 spiro atoms. The van der Waals surface area contributed by atoms with E-state index >= 15 is 0 Å². The Morgan fingerprint density at radius 2 is 2.31 bits per heavy atom. The van der Waals surface area contributed by atoms with Crippen LogP contribution in [0.25, 0.3) is 0 Å². The van der Waals surface area contributed by atoms with Crippen molar-refractivity contribution in [3.05, 3.63) is 21.9 Å². The molecule has 1 N–H and O–H groups in total. The fraction of sp³-hybridized carbons (Fsp3) is 0.583. The third-order valence-electron chi connectivity index (χ3n) is 3.01. The molecule has 0 saturated carbocycles. The number of rotatable bonds is 3. The molecule has 4 heteroatoms. The van der Waals surface area contributed by atoms with Gasteiger partial charge in [-0.05, 0) is 30.5 Å². The van der Waals surface area contributed by atoms with E-state index in [9.17, 15) is 4.79 Å². The van der Waals surface area contributed by atoms with Crippen molar-refractivity contribution in [2.75, 3.05) is 13.1 Å². The Labute approximate surface area is 99.7 Å². The molecule has 1 aromatic rings. The Bertz CT molecular complexity index is 397. The zero-order chi connectivity index (χ0) is 11.8. The van der Waals surface area contributed by atoms with Crippen LogP contribution in [0.15, 0.2) is 12.1 Å². The minimum Gasteiger partial charge on any atom is -0.477 e. The first-order valence-corrected chi connectivity index (χ1v) is 6.32. The fourth-order valence-electron chi connectivity index (χ4n) is 2.16. The molecule has 0 amide bonds. The standard InChI is InChI=1S/C12H17NO2S/c1-12(2)5-6-13(8-12)7-9-3-4-10(16-9)11(14)15/h3-4H,5-8H2,1-2H3,(H,14,15). The summed E-state index contributed by atoms with van der Waals surface area (Å²) in [6, 6.07) is 3.63. The Hall–Kier alpha value is -0.870. The molecule has 1 saturated heterocycles. The van der Waals surface area contributed by atoms with E-state index in [1.807, 2.05) is 6.07 Å². The summed E-state index contributed by atoms with van der Waals surface area (Å²) >= 11 is 1.39. The summed E-state index contributed by atoms with van der Waals surface area (Å²) in [6.45, 7) is 7.68. The van der Waals surface area contributed by atoms with Crippen LogP contribution in [0.2, 0.25) is 0 Å². The van der Waals surface area contributed by atoms with Gasteiger partial charge in [-0.3, -0.25) is 4.90 Å². The second kappa shape index (κ2) is 4.18. The van der Waals surface area contributed by atoms with Crippen molar-refractivity contribution in [1.29, 1.82) is 0 Å². The highest BCUT2D eigenvalue weighted by Gasteiger charge is 2.29. The largest absolute Gasteiger partial charge is 0.477 e. The lowest BCUT2D eigenvalue weighted by atomic mass is 9.93. The van der Waals surface area contributed by atoms with Crippen molar-refractivity contribution in [2.45, 2.75) is 26.8 Å². The molecule has 2 rings (SSSR count). The molecule has 1 aliphatic heterocycles. The number of hydrogen-bond acceptors (Lipinski definition) is 3. The molecular formula is C12H17NO2S. The molecule has 0 bridgehead atoms. The molecule has 88 valence electrons. The van der Waals surface area contributed by atoms with E-state index < -0.39 is 5.97 Å². The summed E-state index contributed by atoms with van der Waals surface area (Å²) in [4.78, 5) is 14.7. The number of aromatic carboxylic acids is 1. The van der Waals surface area contributed by atoms with E-state index in [1.54, 1.807) is 6.07 Å². The third-order valence-corrected chi connectivity index (χ3v) is 4.07. The van der Waals surface area contributed by atoms with Gasteiger partial charge in [-0.15, -0.1) is 11.3 Å². The molecular weight excluding hydrogens is 222 g/mol. The number of carboxylic acids is 1. The van der Waals surface area contributed by atoms with E-state index in [0.29, 0.717) is 10.3 Å². The van der Waals surface area contributed by atoms with Crippen LogP contribution in [-0.4, -0.2) is 29.1 Å². The van der Waals surface area contributed by atoms with Gasteiger partial charge >= 0.3 is 5.97 Å². The number of carboxylic acid groups (broad SMARTS) is 1. The Kier molecular flexibility index (Phi) is 3.04. The van der Waals surface area contributed by atoms with Crippen LogP contribution >= 0.6 is 11.3 Å². The Morgan fingerprint density at radius 3 is 2.81 bits per heavy atom. The normalized spacial score (nSPS) is 20.1. The van der Waals surface area contributed by atoms with E-state index in [4.69, 9.17) is 5.11 Å². The molecule has 0 atom stereocenters. The summed E-state index contributed by atoms with van der Waals surface area (Å²) in [5, 5.41) is 8.84. The number of thiophene rings is 1. The topological polar surface area (TPSA) is 40.5 Å². The second-order valence-corrected chi connectivity index (χ2v) is 6.36. The lowest BCUT2D eigenvalue weighted by Gasteiger charge is -2.18. The van der Waals surface area contributed by atoms with Crippen LogP contribution in [0.3, 0.4) is 0 Å². The predicted molar refractivity (Wildman–Crippen MR) is 65.0 cm³/mol. The molecule has 16 heavy (non-hydrogen) atoms. The summed E-state index contributed by atoms with van der Waals surface area (Å²) in [7, 11) is 0. The van der Waals surface area contributed by atoms with Crippen LogP contribution < -0.4 is 0 Å². The molecule has 0 unspecified atom stereocenters. The van der Waals surface area contributed by atoms with Crippen molar-refractivity contribution in [3.8, 4) is 0 Å². The predicted octanol–water partition coefficient (Wildman–Crippen LogP) is 2.68. The first-order valence-electron chi connectivity index (χ1n) is 5.51. The van der Waals surface area contributed by atoms with Crippen molar-refractivity contribution in [2.24, 2.45) is 5.41 Å². The first kappa shape index (κ1) is 11.6. The summed E-state index contributed by atoms with van der Waals surface area (Å²) in [6.07, 6.45) is 1.23. The van der Waals surface area contributed by atoms with E-state index in [1.165, 1.54) is 17.8 Å². The van der Waals surface area contributed by atoms with Gasteiger partial charge in [0.25, 0.3) is 0 Å². The molecule has 2 heterocycles. The van der Waals surface area contributed by atoms with Crippen molar-refractivity contribution >= 4 is 17.3 Å². The van der Waals surface area contributed by atoms with E-state index in [2.05, 4.69) is 18.7 Å². The van der Waals surface area contributed by atoms with Crippen LogP contribution in [-0.2, 0) is 6.54 Å². The number of hydrogen-bond donors (Lipinski definition) is 1. The molecule has 3 nitrogen and oxygen atoms in total. The SMILES string of the molecule is CC1(C)CCN(Cc2ccc(C(=O)O)s2)C1. The smallest absolute Gasteiger partial charge is 0.345 e. The molecule has 0 radical (unpaired) electrons. The quantitative estimate of drug-likeness (QED) is 0.881. The Balaban J connectivity index is 1.97. The minimum atomic E-state index is -0.821. The first-order chi connectivity index (χ1) is 7.46. The van der Waals surface area contributed by atoms with Gasteiger partial charge in [-0.25, -0.2) is 4.79 Å². The summed E-state index contributed by atoms with van der Waals surface area (Å²) in [5.41, 5.74) is 0.410. The van der Waals surface area contributed by atoms with E-state index in [0.717, 1.165) is 24.5 Å². The van der Waals surface area contributed by atoms with Crippen LogP contribution in [0.1, 0.15) is 34.8 Å². The zero-order valence-corrected chi connectivity index (χ0v) is 10.5. The molecule has 1 aliphatic rings. The van der Waals surface area contributed by atoms with Crippen molar-refractivity contribution in [1.82, 2.24) is 4.90 Å². The maximum atomic E-state index is 10.8. The highest BCUT2D eigenvalue weighted by molar-refractivity contribution is 7.13. The van der Waals surface area contributed by atoms with Gasteiger partial charge in [0.1, 0.15) is 4.88 Å². The monoisotopic (exact) mass is 239 g/mol. The lowest BCUT2D eigenvalue weighted by molar-refractivity contribution is 0.0702. The molecule has 0 aliphatic carbocycles. The highest BCUT2D eigenvalue weighted by Crippen LogP contribution is 2.30. The van der Waals surface area contributed by atoms with Crippen LogP contribution in [0.4, 0.5) is 0 Å². The maximum absolute atomic E-state index is 10.8. The lowest BCUT2D eigenvalue weighted by Crippen LogP contribution is -2.22. The van der Waals surface area contributed by atoms with Gasteiger partial charge in [0.2, 0.25) is 0 Å². The number of likely N-dealkylation sites (tertiary alicyclic amines) is 1. The fourth-order valence-corrected chi connectivity index (χ4v) is 3.05. The molecule has 1 fully saturated rings. The average Bonchev–Trinajstić information content (AvgIpc) is 2.73. The summed E-state index contributed by atoms with van der Waals surface area (Å²) < 4.78 is 0. The van der Waals surface area contributed by atoms with Gasteiger partial charge < -0.3 is 5.11 Å². The highest BCUT2D eigenvalue weighted by atomic mass is 32.1. The van der Waals surface area contributed by atoms with Gasteiger partial charge in [0.15, 0.2) is 0 Å². The zero-order valence-electron chi connectivity index (χ0n) is 9.69. The average molecular weight is 239 g/mol. The van der Waals surface area contributed by atoms with Crippen molar-refractivity contribution in [3.63, 3.8) is 0 Å². The van der Waals surface area contributed by atoms with Gasteiger partial charge in [-0.2, -0.15) is 0 Å². The van der Waals surface area contributed by atoms with Crippen LogP contribution in [0, 0.1) is 5.41 Å². The van der Waals surface area contributed by atoms with Crippen LogP contribution in [0.5, 0.6) is 0 Å². The number of carbonyl (C=O) groups is 1. The van der Waals surface area contributed by atoms with Crippen molar-refractivity contribution < 1.29 is 9.90 Å². The molecule has 1 aromatic heterocycles. The minimum absolute atomic E-state index is 0.410. The van der Waals surface area contributed by atoms with Gasteiger partial charge in [-0.1, -0.05) is 13.8 Å². The third kappa shape index (κ3) is 2.62. The maximum Gasteiger partial charge on any atom is 0.345 e. The Morgan fingerprint density at radius 1 is 1.56 bits per heavy atom. The molecule has 0 aromatic carbocycles. The number of nitrogens with zero attached hydrogens (tertiary/aromatic N) is 1. The van der Waals surface area contributed by atoms with E-state index in [-0.39, 0.29) is 0 Å². The van der Waals surface area contributed by atoms with Gasteiger partial charge in [0, 0.05) is 18.0 Å².